The van der Waals surface area contributed by atoms with E-state index in [1.165, 1.54) is 25.0 Å². The van der Waals surface area contributed by atoms with Crippen LogP contribution in [0.1, 0.15) is 60.9 Å². The van der Waals surface area contributed by atoms with Crippen molar-refractivity contribution in [1.82, 2.24) is 9.97 Å². The Labute approximate surface area is 165 Å². The van der Waals surface area contributed by atoms with Crippen LogP contribution in [0.15, 0.2) is 42.9 Å². The average Bonchev–Trinajstić information content (AvgIpc) is 2.68. The van der Waals surface area contributed by atoms with Crippen LogP contribution in [0.5, 0.6) is 0 Å². The van der Waals surface area contributed by atoms with Crippen LogP contribution in [0, 0.1) is 17.8 Å². The van der Waals surface area contributed by atoms with E-state index < -0.39 is 11.9 Å². The molecule has 1 fully saturated rings. The van der Waals surface area contributed by atoms with E-state index in [-0.39, 0.29) is 11.8 Å². The van der Waals surface area contributed by atoms with Crippen LogP contribution in [-0.2, 0) is 4.74 Å². The number of hydrogen-bond acceptors (Lipinski definition) is 5. The third-order valence-corrected chi connectivity index (χ3v) is 5.41. The van der Waals surface area contributed by atoms with Crippen LogP contribution in [0.3, 0.4) is 0 Å². The number of carbonyl (C=O) groups excluding carboxylic acids is 2. The zero-order chi connectivity index (χ0) is 20.1. The second-order valence-electron chi connectivity index (χ2n) is 7.86. The Kier molecular flexibility index (Phi) is 6.39. The second kappa shape index (κ2) is 8.95. The zero-order valence-corrected chi connectivity index (χ0v) is 16.6. The van der Waals surface area contributed by atoms with Gasteiger partial charge in [-0.15, -0.1) is 0 Å². The molecule has 1 N–H and O–H groups in total. The summed E-state index contributed by atoms with van der Waals surface area (Å²) < 4.78 is 5.93. The number of rotatable bonds is 5. The maximum atomic E-state index is 12.9. The zero-order valence-electron chi connectivity index (χ0n) is 16.6. The first-order valence-electron chi connectivity index (χ1n) is 9.83. The van der Waals surface area contributed by atoms with Gasteiger partial charge in [-0.05, 0) is 42.7 Å². The van der Waals surface area contributed by atoms with Crippen molar-refractivity contribution < 1.29 is 14.3 Å². The molecule has 1 aliphatic rings. The smallest absolute Gasteiger partial charge is 0.340 e. The van der Waals surface area contributed by atoms with Gasteiger partial charge in [0.15, 0.2) is 0 Å². The van der Waals surface area contributed by atoms with Crippen LogP contribution >= 0.6 is 0 Å². The van der Waals surface area contributed by atoms with Gasteiger partial charge in [0.2, 0.25) is 0 Å². The van der Waals surface area contributed by atoms with Crippen LogP contribution in [0.2, 0.25) is 0 Å². The molecule has 0 saturated heterocycles. The lowest BCUT2D eigenvalue weighted by Gasteiger charge is -2.36. The van der Waals surface area contributed by atoms with E-state index in [9.17, 15) is 9.59 Å². The lowest BCUT2D eigenvalue weighted by atomic mass is 9.75. The fourth-order valence-corrected chi connectivity index (χ4v) is 3.82. The summed E-state index contributed by atoms with van der Waals surface area (Å²) in [4.78, 5) is 33.2. The van der Waals surface area contributed by atoms with Crippen LogP contribution in [-0.4, -0.2) is 27.9 Å². The number of para-hydroxylation sites is 1. The molecule has 0 aliphatic heterocycles. The Morgan fingerprint density at radius 2 is 1.96 bits per heavy atom. The highest BCUT2D eigenvalue weighted by atomic mass is 16.5. The molecule has 2 aromatic rings. The van der Waals surface area contributed by atoms with E-state index in [1.54, 1.807) is 24.3 Å². The number of ether oxygens (including phenoxy) is 1. The molecule has 0 spiro atoms. The third kappa shape index (κ3) is 4.74. The summed E-state index contributed by atoms with van der Waals surface area (Å²) in [5, 5.41) is 2.75. The lowest BCUT2D eigenvalue weighted by Crippen LogP contribution is -2.36. The highest BCUT2D eigenvalue weighted by Gasteiger charge is 2.34. The van der Waals surface area contributed by atoms with Gasteiger partial charge in [0.1, 0.15) is 11.8 Å². The van der Waals surface area contributed by atoms with Gasteiger partial charge in [-0.3, -0.25) is 9.78 Å². The van der Waals surface area contributed by atoms with Gasteiger partial charge in [0.05, 0.1) is 17.4 Å². The van der Waals surface area contributed by atoms with Gasteiger partial charge in [-0.2, -0.15) is 0 Å². The highest BCUT2D eigenvalue weighted by molar-refractivity contribution is 6.06. The summed E-state index contributed by atoms with van der Waals surface area (Å²) in [6.45, 7) is 6.56. The first-order chi connectivity index (χ1) is 13.5. The number of esters is 1. The second-order valence-corrected chi connectivity index (χ2v) is 7.86. The maximum Gasteiger partial charge on any atom is 0.340 e. The monoisotopic (exact) mass is 381 g/mol. The van der Waals surface area contributed by atoms with E-state index in [1.807, 2.05) is 0 Å². The number of anilines is 1. The van der Waals surface area contributed by atoms with E-state index in [0.717, 1.165) is 12.8 Å². The van der Waals surface area contributed by atoms with E-state index in [0.29, 0.717) is 29.0 Å². The molecule has 1 heterocycles. The molecular formula is C22H27N3O3. The Balaban J connectivity index is 1.76. The molecule has 1 aromatic carbocycles. The molecule has 0 unspecified atom stereocenters. The van der Waals surface area contributed by atoms with Gasteiger partial charge in [0, 0.05) is 12.4 Å². The van der Waals surface area contributed by atoms with Crippen molar-refractivity contribution in [2.24, 2.45) is 17.8 Å². The summed E-state index contributed by atoms with van der Waals surface area (Å²) in [6.07, 6.45) is 7.35. The quantitative estimate of drug-likeness (QED) is 0.779. The number of nitrogens with one attached hydrogen (secondary N) is 1. The predicted molar refractivity (Wildman–Crippen MR) is 107 cm³/mol. The first kappa shape index (κ1) is 20.0. The van der Waals surface area contributed by atoms with Gasteiger partial charge < -0.3 is 10.1 Å². The number of hydrogen-bond donors (Lipinski definition) is 1. The van der Waals surface area contributed by atoms with E-state index >= 15 is 0 Å². The molecule has 0 bridgehead atoms. The number of amides is 1. The van der Waals surface area contributed by atoms with Crippen LogP contribution in [0.4, 0.5) is 5.69 Å². The minimum Gasteiger partial charge on any atom is -0.458 e. The molecule has 1 aliphatic carbocycles. The molecule has 3 atom stereocenters. The minimum atomic E-state index is -0.417. The molecule has 6 nitrogen and oxygen atoms in total. The topological polar surface area (TPSA) is 81.2 Å². The molecule has 0 radical (unpaired) electrons. The van der Waals surface area contributed by atoms with Gasteiger partial charge in [-0.1, -0.05) is 39.3 Å². The summed E-state index contributed by atoms with van der Waals surface area (Å²) in [7, 11) is 0. The lowest BCUT2D eigenvalue weighted by molar-refractivity contribution is -0.0173. The summed E-state index contributed by atoms with van der Waals surface area (Å²) >= 11 is 0. The number of benzene rings is 1. The van der Waals surface area contributed by atoms with Crippen molar-refractivity contribution >= 4 is 17.6 Å². The number of aromatic nitrogens is 2. The summed E-state index contributed by atoms with van der Waals surface area (Å²) in [5.41, 5.74) is 0.945. The molecule has 148 valence electrons. The predicted octanol–water partition coefficient (Wildman–Crippen LogP) is 4.35. The van der Waals surface area contributed by atoms with Gasteiger partial charge in [-0.25, -0.2) is 9.78 Å². The van der Waals surface area contributed by atoms with Crippen molar-refractivity contribution in [3.63, 3.8) is 0 Å². The number of carbonyl (C=O) groups is 2. The normalized spacial score (nSPS) is 21.9. The standard InChI is InChI=1S/C22H27N3O3/c1-14(2)16-9-8-15(3)12-20(16)28-22(27)17-6-4-5-7-18(17)25-21(26)19-13-23-10-11-24-19/h4-7,10-11,13-16,20H,8-9,12H2,1-3H3,(H,25,26)/t15-,16+,20+/m0/s1. The van der Waals surface area contributed by atoms with Gasteiger partial charge in [0.25, 0.3) is 5.91 Å². The Morgan fingerprint density at radius 1 is 1.18 bits per heavy atom. The van der Waals surface area contributed by atoms with Crippen molar-refractivity contribution in [3.8, 4) is 0 Å². The maximum absolute atomic E-state index is 12.9. The van der Waals surface area contributed by atoms with Crippen molar-refractivity contribution in [3.05, 3.63) is 54.1 Å². The Morgan fingerprint density at radius 3 is 2.68 bits per heavy atom. The minimum absolute atomic E-state index is 0.0972. The molecule has 6 heteroatoms. The van der Waals surface area contributed by atoms with Crippen LogP contribution in [0.25, 0.3) is 0 Å². The third-order valence-electron chi connectivity index (χ3n) is 5.41. The average molecular weight is 381 g/mol. The first-order valence-corrected chi connectivity index (χ1v) is 9.83. The highest BCUT2D eigenvalue weighted by Crippen LogP contribution is 2.36. The molecule has 1 saturated carbocycles. The van der Waals surface area contributed by atoms with Crippen molar-refractivity contribution in [1.29, 1.82) is 0 Å². The van der Waals surface area contributed by atoms with E-state index in [2.05, 4.69) is 36.1 Å². The fourth-order valence-electron chi connectivity index (χ4n) is 3.82. The van der Waals surface area contributed by atoms with Gasteiger partial charge >= 0.3 is 5.97 Å². The molecule has 1 aromatic heterocycles. The molecule has 28 heavy (non-hydrogen) atoms. The van der Waals surface area contributed by atoms with Crippen molar-refractivity contribution in [2.75, 3.05) is 5.32 Å². The SMILES string of the molecule is CC(C)[C@H]1CC[C@H](C)C[C@H]1OC(=O)c1ccccc1NC(=O)c1cnccn1. The fraction of sp³-hybridized carbons (Fsp3) is 0.455. The summed E-state index contributed by atoms with van der Waals surface area (Å²) in [6, 6.07) is 6.89. The van der Waals surface area contributed by atoms with Crippen molar-refractivity contribution in [2.45, 2.75) is 46.1 Å². The Bertz CT molecular complexity index is 823. The largest absolute Gasteiger partial charge is 0.458 e. The van der Waals surface area contributed by atoms with E-state index in [4.69, 9.17) is 4.74 Å². The number of nitrogens with zero attached hydrogens (tertiary/aromatic N) is 2. The molecule has 1 amide bonds. The molecule has 3 rings (SSSR count). The summed E-state index contributed by atoms with van der Waals surface area (Å²) in [5.74, 6) is 0.539. The van der Waals surface area contributed by atoms with Crippen LogP contribution < -0.4 is 5.32 Å². The Hall–Kier alpha value is -2.76. The molecular weight excluding hydrogens is 354 g/mol.